The number of fused-ring (bicyclic) bond motifs is 1. The molecule has 0 saturated carbocycles. The number of non-ortho nitro benzene ring substituents is 1. The molecule has 0 saturated heterocycles. The van der Waals surface area contributed by atoms with Crippen molar-refractivity contribution in [2.24, 2.45) is 0 Å². The molecule has 2 aromatic rings. The molecule has 1 aromatic heterocycles. The predicted octanol–water partition coefficient (Wildman–Crippen LogP) is 1.56. The summed E-state index contributed by atoms with van der Waals surface area (Å²) in [5.74, 6) is 0. The second-order valence-electron chi connectivity index (χ2n) is 4.37. The van der Waals surface area contributed by atoms with Crippen LogP contribution in [0.15, 0.2) is 18.2 Å². The van der Waals surface area contributed by atoms with E-state index < -0.39 is 14.9 Å². The Morgan fingerprint density at radius 2 is 2.14 bits per heavy atom. The van der Waals surface area contributed by atoms with Crippen molar-refractivity contribution in [1.29, 1.82) is 0 Å². The molecule has 0 fully saturated rings. The number of hydrogen-bond acceptors (Lipinski definition) is 7. The molecule has 0 aliphatic carbocycles. The highest BCUT2D eigenvalue weighted by Crippen LogP contribution is 2.28. The van der Waals surface area contributed by atoms with Crippen LogP contribution in [-0.2, 0) is 10.0 Å². The van der Waals surface area contributed by atoms with Gasteiger partial charge in [0.15, 0.2) is 5.13 Å². The van der Waals surface area contributed by atoms with Crippen molar-refractivity contribution in [1.82, 2.24) is 9.71 Å². The first-order valence-electron chi connectivity index (χ1n) is 6.09. The van der Waals surface area contributed by atoms with Gasteiger partial charge >= 0.3 is 0 Å². The molecule has 1 heterocycles. The zero-order valence-electron chi connectivity index (χ0n) is 11.2. The summed E-state index contributed by atoms with van der Waals surface area (Å²) >= 11 is 1.33. The van der Waals surface area contributed by atoms with E-state index in [0.717, 1.165) is 11.0 Å². The number of nitro groups is 1. The number of aromatic nitrogens is 1. The topological polar surface area (TPSA) is 114 Å². The number of anilines is 1. The zero-order valence-corrected chi connectivity index (χ0v) is 12.8. The summed E-state index contributed by atoms with van der Waals surface area (Å²) in [5, 5.41) is 14.4. The number of nitrogens with zero attached hydrogens (tertiary/aromatic N) is 2. The van der Waals surface area contributed by atoms with Gasteiger partial charge in [-0.1, -0.05) is 11.3 Å². The minimum atomic E-state index is -3.16. The van der Waals surface area contributed by atoms with Crippen molar-refractivity contribution < 1.29 is 13.3 Å². The van der Waals surface area contributed by atoms with Gasteiger partial charge in [0, 0.05) is 25.2 Å². The highest BCUT2D eigenvalue weighted by Gasteiger charge is 2.10. The summed E-state index contributed by atoms with van der Waals surface area (Å²) < 4.78 is 24.9. The van der Waals surface area contributed by atoms with Crippen LogP contribution in [0.5, 0.6) is 0 Å². The molecule has 0 aliphatic heterocycles. The third kappa shape index (κ3) is 4.62. The molecule has 0 aliphatic rings. The van der Waals surface area contributed by atoms with Gasteiger partial charge in [-0.05, 0) is 12.5 Å². The van der Waals surface area contributed by atoms with Gasteiger partial charge in [0.2, 0.25) is 10.0 Å². The van der Waals surface area contributed by atoms with Crippen LogP contribution in [0.4, 0.5) is 10.8 Å². The highest BCUT2D eigenvalue weighted by molar-refractivity contribution is 7.88. The molecule has 1 aromatic carbocycles. The van der Waals surface area contributed by atoms with Gasteiger partial charge in [-0.3, -0.25) is 10.1 Å². The maximum Gasteiger partial charge on any atom is 0.270 e. The van der Waals surface area contributed by atoms with E-state index in [1.165, 1.54) is 23.5 Å². The molecule has 0 bridgehead atoms. The first kappa shape index (κ1) is 15.6. The van der Waals surface area contributed by atoms with Gasteiger partial charge in [-0.25, -0.2) is 18.1 Å². The minimum absolute atomic E-state index is 0.0371. The lowest BCUT2D eigenvalue weighted by Crippen LogP contribution is -2.24. The molecule has 0 atom stereocenters. The van der Waals surface area contributed by atoms with Crippen LogP contribution in [0, 0.1) is 10.1 Å². The lowest BCUT2D eigenvalue weighted by molar-refractivity contribution is -0.384. The Balaban J connectivity index is 1.92. The monoisotopic (exact) mass is 330 g/mol. The van der Waals surface area contributed by atoms with Crippen LogP contribution >= 0.6 is 11.3 Å². The van der Waals surface area contributed by atoms with E-state index in [-0.39, 0.29) is 5.69 Å². The maximum absolute atomic E-state index is 10.9. The van der Waals surface area contributed by atoms with Crippen LogP contribution in [0.25, 0.3) is 10.2 Å². The lowest BCUT2D eigenvalue weighted by Gasteiger charge is -2.03. The predicted molar refractivity (Wildman–Crippen MR) is 82.2 cm³/mol. The van der Waals surface area contributed by atoms with Crippen molar-refractivity contribution in [2.75, 3.05) is 24.7 Å². The molecule has 2 rings (SSSR count). The summed E-state index contributed by atoms with van der Waals surface area (Å²) in [6.45, 7) is 0.909. The number of thiazole rings is 1. The Kier molecular flexibility index (Phi) is 4.70. The molecule has 2 N–H and O–H groups in total. The van der Waals surface area contributed by atoms with E-state index in [9.17, 15) is 18.5 Å². The molecule has 0 radical (unpaired) electrons. The zero-order chi connectivity index (χ0) is 15.5. The number of sulfonamides is 1. The standard InChI is InChI=1S/C11H14N4O4S2/c1-21(18,19)13-6-2-5-12-11-14-9-4-3-8(15(16)17)7-10(9)20-11/h3-4,7,13H,2,5-6H2,1H3,(H,12,14). The molecule has 114 valence electrons. The number of nitrogens with one attached hydrogen (secondary N) is 2. The van der Waals surface area contributed by atoms with E-state index in [4.69, 9.17) is 0 Å². The second kappa shape index (κ2) is 6.33. The summed E-state index contributed by atoms with van der Waals surface area (Å²) in [6, 6.07) is 4.52. The van der Waals surface area contributed by atoms with Crippen molar-refractivity contribution in [3.63, 3.8) is 0 Å². The van der Waals surface area contributed by atoms with Crippen LogP contribution in [-0.4, -0.2) is 37.7 Å². The van der Waals surface area contributed by atoms with Crippen molar-refractivity contribution in [2.45, 2.75) is 6.42 Å². The van der Waals surface area contributed by atoms with E-state index in [0.29, 0.717) is 30.2 Å². The Morgan fingerprint density at radius 3 is 2.81 bits per heavy atom. The molecule has 21 heavy (non-hydrogen) atoms. The fraction of sp³-hybridized carbons (Fsp3) is 0.364. The Bertz CT molecular complexity index is 757. The van der Waals surface area contributed by atoms with E-state index in [2.05, 4.69) is 15.0 Å². The first-order chi connectivity index (χ1) is 9.85. The normalized spacial score (nSPS) is 11.7. The quantitative estimate of drug-likeness (QED) is 0.452. The van der Waals surface area contributed by atoms with Gasteiger partial charge in [-0.2, -0.15) is 0 Å². The molecule has 0 unspecified atom stereocenters. The van der Waals surface area contributed by atoms with Crippen LogP contribution in [0.1, 0.15) is 6.42 Å². The summed E-state index contributed by atoms with van der Waals surface area (Å²) in [7, 11) is -3.16. The summed E-state index contributed by atoms with van der Waals surface area (Å²) in [4.78, 5) is 14.6. The Morgan fingerprint density at radius 1 is 1.38 bits per heavy atom. The van der Waals surface area contributed by atoms with E-state index in [1.54, 1.807) is 6.07 Å². The fourth-order valence-electron chi connectivity index (χ4n) is 1.64. The van der Waals surface area contributed by atoms with Gasteiger partial charge in [0.25, 0.3) is 5.69 Å². The van der Waals surface area contributed by atoms with Crippen LogP contribution in [0.2, 0.25) is 0 Å². The molecular weight excluding hydrogens is 316 g/mol. The first-order valence-corrected chi connectivity index (χ1v) is 8.79. The SMILES string of the molecule is CS(=O)(=O)NCCCNc1nc2ccc([N+](=O)[O-])cc2s1. The van der Waals surface area contributed by atoms with Gasteiger partial charge in [0.1, 0.15) is 0 Å². The van der Waals surface area contributed by atoms with E-state index >= 15 is 0 Å². The smallest absolute Gasteiger partial charge is 0.270 e. The van der Waals surface area contributed by atoms with E-state index in [1.807, 2.05) is 0 Å². The number of nitro benzene ring substituents is 1. The Labute approximate surface area is 125 Å². The molecule has 0 amide bonds. The molecule has 8 nitrogen and oxygen atoms in total. The highest BCUT2D eigenvalue weighted by atomic mass is 32.2. The van der Waals surface area contributed by atoms with Crippen molar-refractivity contribution in [3.8, 4) is 0 Å². The summed E-state index contributed by atoms with van der Waals surface area (Å²) in [5.41, 5.74) is 0.734. The molecule has 10 heteroatoms. The average Bonchev–Trinajstić information content (AvgIpc) is 2.78. The minimum Gasteiger partial charge on any atom is -0.361 e. The van der Waals surface area contributed by atoms with Gasteiger partial charge < -0.3 is 5.32 Å². The largest absolute Gasteiger partial charge is 0.361 e. The number of benzene rings is 1. The lowest BCUT2D eigenvalue weighted by atomic mass is 10.3. The third-order valence-electron chi connectivity index (χ3n) is 2.58. The summed E-state index contributed by atoms with van der Waals surface area (Å²) in [6.07, 6.45) is 1.73. The molecule has 0 spiro atoms. The van der Waals surface area contributed by atoms with Gasteiger partial charge in [0.05, 0.1) is 21.4 Å². The van der Waals surface area contributed by atoms with Crippen molar-refractivity contribution in [3.05, 3.63) is 28.3 Å². The fourth-order valence-corrected chi connectivity index (χ4v) is 3.08. The number of rotatable bonds is 7. The third-order valence-corrected chi connectivity index (χ3v) is 4.28. The Hall–Kier alpha value is -1.78. The van der Waals surface area contributed by atoms with Crippen molar-refractivity contribution >= 4 is 42.4 Å². The number of hydrogen-bond donors (Lipinski definition) is 2. The average molecular weight is 330 g/mol. The maximum atomic E-state index is 10.9. The molecular formula is C11H14N4O4S2. The van der Waals surface area contributed by atoms with Crippen LogP contribution < -0.4 is 10.0 Å². The van der Waals surface area contributed by atoms with Crippen LogP contribution in [0.3, 0.4) is 0 Å². The second-order valence-corrected chi connectivity index (χ2v) is 7.24. The van der Waals surface area contributed by atoms with Gasteiger partial charge in [-0.15, -0.1) is 0 Å².